The molecule has 0 fully saturated rings. The first-order valence-electron chi connectivity index (χ1n) is 5.39. The Balaban J connectivity index is 2.88. The van der Waals surface area contributed by atoms with Gasteiger partial charge in [0, 0.05) is 11.6 Å². The quantitative estimate of drug-likeness (QED) is 0.490. The number of hydrogen-bond acceptors (Lipinski definition) is 3. The van der Waals surface area contributed by atoms with E-state index in [0.717, 1.165) is 24.8 Å². The van der Waals surface area contributed by atoms with Crippen LogP contribution in [-0.4, -0.2) is 12.8 Å². The molecule has 0 saturated carbocycles. The van der Waals surface area contributed by atoms with Crippen molar-refractivity contribution in [2.45, 2.75) is 20.3 Å². The Kier molecular flexibility index (Phi) is 4.87. The molecule has 0 radical (unpaired) electrons. The van der Waals surface area contributed by atoms with Crippen LogP contribution in [0.4, 0.5) is 8.78 Å². The Morgan fingerprint density at radius 2 is 2.12 bits per heavy atom. The molecule has 1 rings (SSSR count). The molecule has 0 aliphatic carbocycles. The van der Waals surface area contributed by atoms with Crippen molar-refractivity contribution in [2.75, 3.05) is 6.61 Å². The molecule has 5 heteroatoms. The number of rotatable bonds is 5. The number of hydrazone groups is 1. The lowest BCUT2D eigenvalue weighted by Gasteiger charge is -2.11. The summed E-state index contributed by atoms with van der Waals surface area (Å²) in [5.74, 6) is 3.98. The van der Waals surface area contributed by atoms with Gasteiger partial charge >= 0.3 is 0 Å². The van der Waals surface area contributed by atoms with E-state index >= 15 is 0 Å². The summed E-state index contributed by atoms with van der Waals surface area (Å²) in [4.78, 5) is 0. The molecule has 0 aliphatic heterocycles. The van der Waals surface area contributed by atoms with Crippen LogP contribution in [0, 0.1) is 17.6 Å². The fourth-order valence-electron chi connectivity index (χ4n) is 1.31. The third kappa shape index (κ3) is 4.01. The lowest BCUT2D eigenvalue weighted by atomic mass is 10.1. The van der Waals surface area contributed by atoms with Gasteiger partial charge in [-0.25, -0.2) is 8.78 Å². The van der Waals surface area contributed by atoms with Gasteiger partial charge in [0.25, 0.3) is 0 Å². The third-order valence-electron chi connectivity index (χ3n) is 2.19. The first kappa shape index (κ1) is 13.4. The highest BCUT2D eigenvalue weighted by molar-refractivity contribution is 5.83. The molecule has 1 aromatic carbocycles. The largest absolute Gasteiger partial charge is 0.490 e. The number of nitrogens with zero attached hydrogens (tertiary/aromatic N) is 1. The van der Waals surface area contributed by atoms with E-state index in [9.17, 15) is 8.78 Å². The topological polar surface area (TPSA) is 47.6 Å². The monoisotopic (exact) mass is 242 g/mol. The molecule has 94 valence electrons. The molecule has 0 atom stereocenters. The molecular weight excluding hydrogens is 226 g/mol. The van der Waals surface area contributed by atoms with E-state index in [2.05, 4.69) is 5.10 Å². The van der Waals surface area contributed by atoms with Gasteiger partial charge < -0.3 is 10.6 Å². The van der Waals surface area contributed by atoms with Gasteiger partial charge in [-0.15, -0.1) is 0 Å². The average molecular weight is 242 g/mol. The second kappa shape index (κ2) is 6.18. The maximum atomic E-state index is 13.5. The number of benzene rings is 1. The molecule has 0 spiro atoms. The number of nitrogens with two attached hydrogens (primary N) is 1. The van der Waals surface area contributed by atoms with Crippen LogP contribution >= 0.6 is 0 Å². The Morgan fingerprint density at radius 3 is 2.71 bits per heavy atom. The summed E-state index contributed by atoms with van der Waals surface area (Å²) in [7, 11) is 0. The maximum absolute atomic E-state index is 13.5. The summed E-state index contributed by atoms with van der Waals surface area (Å²) in [6.45, 7) is 4.44. The van der Waals surface area contributed by atoms with Gasteiger partial charge in [0.2, 0.25) is 0 Å². The minimum Gasteiger partial charge on any atom is -0.490 e. The zero-order chi connectivity index (χ0) is 12.8. The molecule has 0 amide bonds. The van der Waals surface area contributed by atoms with E-state index in [-0.39, 0.29) is 11.3 Å². The second-order valence-corrected chi connectivity index (χ2v) is 4.12. The van der Waals surface area contributed by atoms with E-state index < -0.39 is 11.6 Å². The van der Waals surface area contributed by atoms with Crippen LogP contribution in [-0.2, 0) is 0 Å². The van der Waals surface area contributed by atoms with Crippen LogP contribution in [0.3, 0.4) is 0 Å². The highest BCUT2D eigenvalue weighted by atomic mass is 19.1. The van der Waals surface area contributed by atoms with E-state index in [1.807, 2.05) is 13.8 Å². The predicted molar refractivity (Wildman–Crippen MR) is 63.1 cm³/mol. The van der Waals surface area contributed by atoms with Gasteiger partial charge in [-0.2, -0.15) is 5.10 Å². The zero-order valence-corrected chi connectivity index (χ0v) is 9.91. The lowest BCUT2D eigenvalue weighted by Crippen LogP contribution is -2.06. The molecule has 0 saturated heterocycles. The minimum atomic E-state index is -0.747. The van der Waals surface area contributed by atoms with Crippen LogP contribution in [0.2, 0.25) is 0 Å². The number of halogens is 2. The predicted octanol–water partition coefficient (Wildman–Crippen LogP) is 2.68. The Bertz CT molecular complexity index is 406. The van der Waals surface area contributed by atoms with Crippen molar-refractivity contribution in [3.05, 3.63) is 29.3 Å². The molecule has 0 bridgehead atoms. The molecule has 2 N–H and O–H groups in total. The van der Waals surface area contributed by atoms with Gasteiger partial charge in [0.15, 0.2) is 11.6 Å². The summed E-state index contributed by atoms with van der Waals surface area (Å²) < 4.78 is 31.8. The van der Waals surface area contributed by atoms with Crippen molar-refractivity contribution >= 4 is 6.21 Å². The molecule has 0 heterocycles. The summed E-state index contributed by atoms with van der Waals surface area (Å²) in [6.07, 6.45) is 1.95. The summed E-state index contributed by atoms with van der Waals surface area (Å²) in [5, 5.41) is 3.25. The fourth-order valence-corrected chi connectivity index (χ4v) is 1.31. The van der Waals surface area contributed by atoms with Crippen LogP contribution in [0.1, 0.15) is 25.8 Å². The van der Waals surface area contributed by atoms with E-state index in [1.165, 1.54) is 0 Å². The van der Waals surface area contributed by atoms with Crippen LogP contribution in [0.5, 0.6) is 5.75 Å². The fraction of sp³-hybridized carbons (Fsp3) is 0.417. The van der Waals surface area contributed by atoms with Gasteiger partial charge in [0.05, 0.1) is 12.8 Å². The van der Waals surface area contributed by atoms with Crippen molar-refractivity contribution in [3.63, 3.8) is 0 Å². The molecular formula is C12H16F2N2O. The van der Waals surface area contributed by atoms with Crippen molar-refractivity contribution in [1.82, 2.24) is 0 Å². The molecule has 1 aromatic rings. The minimum absolute atomic E-state index is 0.0127. The summed E-state index contributed by atoms with van der Waals surface area (Å²) in [5.41, 5.74) is 0.203. The smallest absolute Gasteiger partial charge is 0.168 e. The summed E-state index contributed by atoms with van der Waals surface area (Å²) in [6, 6.07) is 1.91. The van der Waals surface area contributed by atoms with Gasteiger partial charge in [-0.1, -0.05) is 13.8 Å². The Labute approximate surface area is 99.3 Å². The van der Waals surface area contributed by atoms with E-state index in [4.69, 9.17) is 10.6 Å². The van der Waals surface area contributed by atoms with Crippen LogP contribution < -0.4 is 10.6 Å². The van der Waals surface area contributed by atoms with Crippen molar-refractivity contribution in [1.29, 1.82) is 0 Å². The zero-order valence-electron chi connectivity index (χ0n) is 9.91. The first-order chi connectivity index (χ1) is 8.04. The normalized spacial score (nSPS) is 11.4. The molecule has 0 aromatic heterocycles. The van der Waals surface area contributed by atoms with E-state index in [1.54, 1.807) is 0 Å². The van der Waals surface area contributed by atoms with Gasteiger partial charge in [-0.3, -0.25) is 0 Å². The van der Waals surface area contributed by atoms with Crippen molar-refractivity contribution < 1.29 is 13.5 Å². The molecule has 0 unspecified atom stereocenters. The van der Waals surface area contributed by atoms with Crippen LogP contribution in [0.25, 0.3) is 0 Å². The van der Waals surface area contributed by atoms with Crippen molar-refractivity contribution in [2.24, 2.45) is 16.9 Å². The maximum Gasteiger partial charge on any atom is 0.168 e. The Hall–Kier alpha value is -1.65. The van der Waals surface area contributed by atoms with E-state index in [0.29, 0.717) is 12.5 Å². The SMILES string of the molecule is CC(C)CCOc1c(F)cc(F)cc1C=NN. The van der Waals surface area contributed by atoms with Gasteiger partial charge in [-0.05, 0) is 18.4 Å². The Morgan fingerprint density at radius 1 is 1.41 bits per heavy atom. The first-order valence-corrected chi connectivity index (χ1v) is 5.39. The highest BCUT2D eigenvalue weighted by Gasteiger charge is 2.11. The molecule has 3 nitrogen and oxygen atoms in total. The average Bonchev–Trinajstić information content (AvgIpc) is 2.21. The van der Waals surface area contributed by atoms with Gasteiger partial charge in [0.1, 0.15) is 5.82 Å². The van der Waals surface area contributed by atoms with Crippen molar-refractivity contribution in [3.8, 4) is 5.75 Å². The number of hydrogen-bond donors (Lipinski definition) is 1. The number of ether oxygens (including phenoxy) is 1. The highest BCUT2D eigenvalue weighted by Crippen LogP contribution is 2.23. The molecule has 17 heavy (non-hydrogen) atoms. The van der Waals surface area contributed by atoms with Crippen LogP contribution in [0.15, 0.2) is 17.2 Å². The summed E-state index contributed by atoms with van der Waals surface area (Å²) >= 11 is 0. The lowest BCUT2D eigenvalue weighted by molar-refractivity contribution is 0.275. The second-order valence-electron chi connectivity index (χ2n) is 4.12. The standard InChI is InChI=1S/C12H16F2N2O/c1-8(2)3-4-17-12-9(7-16-15)5-10(13)6-11(12)14/h5-8H,3-4,15H2,1-2H3. The third-order valence-corrected chi connectivity index (χ3v) is 2.19. The molecule has 0 aliphatic rings.